The van der Waals surface area contributed by atoms with Gasteiger partial charge in [-0.15, -0.1) is 6.58 Å². The number of hydrogen-bond donors (Lipinski definition) is 1. The topological polar surface area (TPSA) is 20.2 Å². The summed E-state index contributed by atoms with van der Waals surface area (Å²) in [6.07, 6.45) is 1.95. The molecule has 1 nitrogen and oxygen atoms in total. The molecule has 0 saturated carbocycles. The van der Waals surface area contributed by atoms with Gasteiger partial charge in [0.25, 0.3) is 0 Å². The lowest BCUT2D eigenvalue weighted by molar-refractivity contribution is 0.469. The first kappa shape index (κ1) is 13.9. The van der Waals surface area contributed by atoms with Gasteiger partial charge in [0.1, 0.15) is 11.6 Å². The average Bonchev–Trinajstić information content (AvgIpc) is 2.34. The Hall–Kier alpha value is -1.51. The maximum Gasteiger partial charge on any atom is 0.127 e. The Kier molecular flexibility index (Phi) is 4.13. The van der Waals surface area contributed by atoms with Crippen LogP contribution in [0, 0.1) is 5.82 Å². The van der Waals surface area contributed by atoms with Crippen LogP contribution in [0.4, 0.5) is 4.39 Å². The fourth-order valence-corrected chi connectivity index (χ4v) is 2.51. The lowest BCUT2D eigenvalue weighted by Crippen LogP contribution is -1.91. The van der Waals surface area contributed by atoms with Crippen LogP contribution in [-0.4, -0.2) is 5.11 Å². The summed E-state index contributed by atoms with van der Waals surface area (Å²) in [6.45, 7) is 3.58. The maximum absolute atomic E-state index is 13.6. The molecule has 0 spiro atoms. The minimum Gasteiger partial charge on any atom is -0.507 e. The van der Waals surface area contributed by atoms with E-state index in [1.807, 2.05) is 0 Å². The minimum absolute atomic E-state index is 0.0312. The van der Waals surface area contributed by atoms with Gasteiger partial charge < -0.3 is 5.11 Å². The van der Waals surface area contributed by atoms with Gasteiger partial charge in [0.05, 0.1) is 10.0 Å². The van der Waals surface area contributed by atoms with Gasteiger partial charge in [0, 0.05) is 16.7 Å². The van der Waals surface area contributed by atoms with Crippen molar-refractivity contribution in [3.8, 4) is 16.9 Å². The largest absolute Gasteiger partial charge is 0.507 e. The molecule has 0 fully saturated rings. The van der Waals surface area contributed by atoms with E-state index >= 15 is 0 Å². The van der Waals surface area contributed by atoms with Crippen molar-refractivity contribution in [2.24, 2.45) is 0 Å². The summed E-state index contributed by atoms with van der Waals surface area (Å²) in [4.78, 5) is 0. The molecule has 0 heterocycles. The SMILES string of the molecule is C=CCc1cc(F)cc(-c2c(Cl)cccc2Cl)c1O. The second kappa shape index (κ2) is 5.64. The fraction of sp³-hybridized carbons (Fsp3) is 0.0667. The summed E-state index contributed by atoms with van der Waals surface area (Å²) in [7, 11) is 0. The zero-order valence-electron chi connectivity index (χ0n) is 9.96. The number of hydrogen-bond acceptors (Lipinski definition) is 1. The molecule has 0 aliphatic heterocycles. The third-order valence-electron chi connectivity index (χ3n) is 2.75. The van der Waals surface area contributed by atoms with Gasteiger partial charge in [-0.25, -0.2) is 4.39 Å². The molecule has 19 heavy (non-hydrogen) atoms. The van der Waals surface area contributed by atoms with Gasteiger partial charge in [-0.1, -0.05) is 35.3 Å². The fourth-order valence-electron chi connectivity index (χ4n) is 1.91. The molecule has 0 unspecified atom stereocenters. The molecule has 98 valence electrons. The Morgan fingerprint density at radius 3 is 2.42 bits per heavy atom. The zero-order valence-corrected chi connectivity index (χ0v) is 11.5. The third kappa shape index (κ3) is 2.75. The quantitative estimate of drug-likeness (QED) is 0.769. The van der Waals surface area contributed by atoms with Crippen molar-refractivity contribution in [3.05, 3.63) is 64.4 Å². The molecule has 0 saturated heterocycles. The normalized spacial score (nSPS) is 10.5. The zero-order chi connectivity index (χ0) is 14.0. The monoisotopic (exact) mass is 296 g/mol. The maximum atomic E-state index is 13.6. The van der Waals surface area contributed by atoms with Crippen LogP contribution in [0.1, 0.15) is 5.56 Å². The molecule has 2 rings (SSSR count). The smallest absolute Gasteiger partial charge is 0.127 e. The van der Waals surface area contributed by atoms with Crippen LogP contribution in [0.5, 0.6) is 5.75 Å². The van der Waals surface area contributed by atoms with E-state index in [2.05, 4.69) is 6.58 Å². The molecule has 0 atom stereocenters. The molecule has 0 aromatic heterocycles. The molecule has 4 heteroatoms. The van der Waals surface area contributed by atoms with Crippen molar-refractivity contribution < 1.29 is 9.50 Å². The van der Waals surface area contributed by atoms with Crippen molar-refractivity contribution in [3.63, 3.8) is 0 Å². The third-order valence-corrected chi connectivity index (χ3v) is 3.38. The van der Waals surface area contributed by atoms with E-state index in [1.165, 1.54) is 12.1 Å². The lowest BCUT2D eigenvalue weighted by atomic mass is 9.99. The van der Waals surface area contributed by atoms with Crippen molar-refractivity contribution in [2.45, 2.75) is 6.42 Å². The first-order valence-corrected chi connectivity index (χ1v) is 6.37. The van der Waals surface area contributed by atoms with Crippen LogP contribution in [0.3, 0.4) is 0 Å². The molecule has 1 N–H and O–H groups in total. The Bertz CT molecular complexity index is 618. The highest BCUT2D eigenvalue weighted by atomic mass is 35.5. The highest BCUT2D eigenvalue weighted by Crippen LogP contribution is 2.41. The number of allylic oxidation sites excluding steroid dienone is 1. The predicted molar refractivity (Wildman–Crippen MR) is 77.4 cm³/mol. The lowest BCUT2D eigenvalue weighted by Gasteiger charge is -2.12. The molecule has 0 amide bonds. The summed E-state index contributed by atoms with van der Waals surface area (Å²) in [5, 5.41) is 10.9. The number of benzene rings is 2. The van der Waals surface area contributed by atoms with Crippen LogP contribution >= 0.6 is 23.2 Å². The van der Waals surface area contributed by atoms with E-state index in [-0.39, 0.29) is 11.3 Å². The first-order valence-electron chi connectivity index (χ1n) is 5.61. The average molecular weight is 297 g/mol. The Morgan fingerprint density at radius 1 is 1.21 bits per heavy atom. The number of aromatic hydroxyl groups is 1. The van der Waals surface area contributed by atoms with Gasteiger partial charge >= 0.3 is 0 Å². The Balaban J connectivity index is 2.72. The standard InChI is InChI=1S/C15H11Cl2FO/c1-2-4-9-7-10(18)8-11(15(9)19)14-12(16)5-3-6-13(14)17/h2-3,5-8,19H,1,4H2. The Morgan fingerprint density at radius 2 is 1.84 bits per heavy atom. The number of halogens is 3. The van der Waals surface area contributed by atoms with Crippen LogP contribution in [0.25, 0.3) is 11.1 Å². The summed E-state index contributed by atoms with van der Waals surface area (Å²) in [6, 6.07) is 7.45. The van der Waals surface area contributed by atoms with Crippen molar-refractivity contribution in [1.82, 2.24) is 0 Å². The van der Waals surface area contributed by atoms with Crippen LogP contribution in [-0.2, 0) is 6.42 Å². The molecule has 2 aromatic carbocycles. The second-order valence-electron chi connectivity index (χ2n) is 4.05. The van der Waals surface area contributed by atoms with Gasteiger partial charge in [-0.2, -0.15) is 0 Å². The highest BCUT2D eigenvalue weighted by molar-refractivity contribution is 6.39. The minimum atomic E-state index is -0.458. The molecule has 0 aliphatic carbocycles. The molecule has 0 aliphatic rings. The summed E-state index contributed by atoms with van der Waals surface area (Å²) >= 11 is 12.2. The van der Waals surface area contributed by atoms with Crippen LogP contribution in [0.15, 0.2) is 43.0 Å². The number of rotatable bonds is 3. The number of phenols is 1. The Labute approximate surface area is 120 Å². The van der Waals surface area contributed by atoms with Gasteiger partial charge in [0.2, 0.25) is 0 Å². The molecular weight excluding hydrogens is 286 g/mol. The van der Waals surface area contributed by atoms with E-state index in [4.69, 9.17) is 23.2 Å². The van der Waals surface area contributed by atoms with Crippen molar-refractivity contribution in [2.75, 3.05) is 0 Å². The van der Waals surface area contributed by atoms with E-state index in [9.17, 15) is 9.50 Å². The summed E-state index contributed by atoms with van der Waals surface area (Å²) in [5.41, 5.74) is 1.15. The van der Waals surface area contributed by atoms with Crippen molar-refractivity contribution in [1.29, 1.82) is 0 Å². The van der Waals surface area contributed by atoms with E-state index in [0.29, 0.717) is 27.6 Å². The van der Waals surface area contributed by atoms with Gasteiger partial charge in [-0.3, -0.25) is 0 Å². The summed E-state index contributed by atoms with van der Waals surface area (Å²) in [5.74, 6) is -0.489. The van der Waals surface area contributed by atoms with E-state index in [1.54, 1.807) is 24.3 Å². The molecule has 0 bridgehead atoms. The van der Waals surface area contributed by atoms with Crippen LogP contribution < -0.4 is 0 Å². The number of phenolic OH excluding ortho intramolecular Hbond substituents is 1. The highest BCUT2D eigenvalue weighted by Gasteiger charge is 2.16. The molecule has 2 aromatic rings. The van der Waals surface area contributed by atoms with Crippen molar-refractivity contribution >= 4 is 23.2 Å². The molecule has 0 radical (unpaired) electrons. The van der Waals surface area contributed by atoms with E-state index < -0.39 is 5.82 Å². The second-order valence-corrected chi connectivity index (χ2v) is 4.86. The van der Waals surface area contributed by atoms with Crippen LogP contribution in [0.2, 0.25) is 10.0 Å². The van der Waals surface area contributed by atoms with Gasteiger partial charge in [0.15, 0.2) is 0 Å². The predicted octanol–water partition coefficient (Wildman–Crippen LogP) is 5.23. The van der Waals surface area contributed by atoms with E-state index in [0.717, 1.165) is 0 Å². The first-order chi connectivity index (χ1) is 9.04. The summed E-state index contributed by atoms with van der Waals surface area (Å²) < 4.78 is 13.6. The van der Waals surface area contributed by atoms with Gasteiger partial charge in [-0.05, 0) is 30.7 Å². The molecular formula is C15H11Cl2FO.